The van der Waals surface area contributed by atoms with E-state index in [0.29, 0.717) is 5.16 Å². The first kappa shape index (κ1) is 54.5. The average molecular weight is 1060 g/mol. The van der Waals surface area contributed by atoms with Crippen molar-refractivity contribution in [2.45, 2.75) is 72.1 Å². The molecule has 5 aromatic carbocycles. The van der Waals surface area contributed by atoms with E-state index in [2.05, 4.69) is 90.7 Å². The average Bonchev–Trinajstić information content (AvgIpc) is 4.32. The Labute approximate surface area is 441 Å². The maximum Gasteiger partial charge on any atom is 0.370 e. The SMILES string of the molecule is COC1(CCCN2CCCCC2)CCCC[Si]1(OC)OC.Sc1nc2ccccc2[nH]1.Sc1nc2ccccc2s1.c1c[nH]cn1.c1ccc2[nH]cnc2c1.c1ccc2[nH]ncc2c1.c1ccc2[nH]nnc2c1. The number of H-pyrrole nitrogens is 5. The minimum absolute atomic E-state index is 0.148. The number of nitrogens with zero attached hydrogens (tertiary/aromatic N) is 8. The van der Waals surface area contributed by atoms with Gasteiger partial charge in [0, 0.05) is 39.1 Å². The molecule has 16 nitrogen and oxygen atoms in total. The van der Waals surface area contributed by atoms with Crippen molar-refractivity contribution >= 4 is 99.4 Å². The largest absolute Gasteiger partial charge is 0.396 e. The molecule has 11 aromatic rings. The highest BCUT2D eigenvalue weighted by atomic mass is 32.2. The molecular formula is C53H65N13O3S3Si. The van der Waals surface area contributed by atoms with E-state index >= 15 is 0 Å². The number of hydrogen-bond donors (Lipinski definition) is 7. The van der Waals surface area contributed by atoms with Gasteiger partial charge in [-0.15, -0.1) is 41.7 Å². The van der Waals surface area contributed by atoms with Crippen molar-refractivity contribution in [2.24, 2.45) is 0 Å². The highest BCUT2D eigenvalue weighted by Gasteiger charge is 2.58. The fourth-order valence-electron chi connectivity index (χ4n) is 8.86. The van der Waals surface area contributed by atoms with E-state index in [9.17, 15) is 0 Å². The lowest BCUT2D eigenvalue weighted by atomic mass is 10.0. The summed E-state index contributed by atoms with van der Waals surface area (Å²) in [5.41, 5.74) is 8.15. The first-order chi connectivity index (χ1) is 35.8. The molecule has 2 fully saturated rings. The topological polar surface area (TPSA) is 200 Å². The number of benzene rings is 5. The summed E-state index contributed by atoms with van der Waals surface area (Å²) >= 11 is 9.83. The van der Waals surface area contributed by atoms with E-state index in [1.165, 1.54) is 62.9 Å². The van der Waals surface area contributed by atoms with E-state index in [4.69, 9.17) is 13.6 Å². The summed E-state index contributed by atoms with van der Waals surface area (Å²) in [5, 5.41) is 18.6. The Morgan fingerprint density at radius 2 is 1.37 bits per heavy atom. The highest BCUT2D eigenvalue weighted by Crippen LogP contribution is 2.43. The number of para-hydroxylation sites is 7. The third kappa shape index (κ3) is 15.9. The van der Waals surface area contributed by atoms with Gasteiger partial charge >= 0.3 is 8.56 Å². The van der Waals surface area contributed by atoms with Crippen LogP contribution >= 0.6 is 36.6 Å². The van der Waals surface area contributed by atoms with Crippen LogP contribution in [0.5, 0.6) is 0 Å². The van der Waals surface area contributed by atoms with Crippen molar-refractivity contribution in [3.05, 3.63) is 153 Å². The van der Waals surface area contributed by atoms with Gasteiger partial charge < -0.3 is 33.4 Å². The van der Waals surface area contributed by atoms with Gasteiger partial charge in [-0.1, -0.05) is 91.2 Å². The van der Waals surface area contributed by atoms with Crippen LogP contribution in [0.3, 0.4) is 0 Å². The summed E-state index contributed by atoms with van der Waals surface area (Å²) in [7, 11) is 3.25. The van der Waals surface area contributed by atoms with Crippen LogP contribution in [-0.4, -0.2) is 120 Å². The van der Waals surface area contributed by atoms with Crippen LogP contribution in [0.25, 0.3) is 54.2 Å². The molecule has 0 saturated carbocycles. The Kier molecular flexibility index (Phi) is 21.6. The summed E-state index contributed by atoms with van der Waals surface area (Å²) in [4.78, 5) is 27.4. The fraction of sp³-hybridized carbons (Fsp3) is 0.302. The van der Waals surface area contributed by atoms with Gasteiger partial charge in [-0.25, -0.2) is 19.9 Å². The number of aromatic nitrogens is 12. The number of imidazole rings is 3. The molecule has 0 bridgehead atoms. The molecule has 0 radical (unpaired) electrons. The number of fused-ring (bicyclic) bond motifs is 5. The number of thiazole rings is 1. The normalized spacial score (nSPS) is 16.0. The molecule has 20 heteroatoms. The van der Waals surface area contributed by atoms with Gasteiger partial charge in [-0.2, -0.15) is 5.10 Å². The maximum atomic E-state index is 6.06. The van der Waals surface area contributed by atoms with Crippen LogP contribution in [0, 0.1) is 0 Å². The molecule has 0 aliphatic carbocycles. The standard InChI is InChI=1S/C16H33NO3Si.C7H6N2S.2C7H6N2.C7H5NS2.C6H5N3.C3H4N2/c1-18-16(10-5-8-15-21(16,19-2)20-3)11-9-14-17-12-6-4-7-13-17;10-7-8-5-3-1-2-4-6(5)9-7;1-2-4-7-6(3-1)8-5-9-7;1-2-4-7-6(3-1)5-8-9-7;9-7-8-5-3-1-2-4-6(5)10-7;1-2-4-6-5(3-1)7-9-8-6;1-2-5-3-4-1/h4-15H2,1-3H3;1-4H,(H2,8,9,10);2*1-5H,(H,8,9);1-4H,(H,8,9);1-4H,(H,7,8,9);1-3H,(H,4,5). The summed E-state index contributed by atoms with van der Waals surface area (Å²) in [6.07, 6.45) is 18.5. The molecule has 2 aliphatic rings. The number of rotatable bonds is 7. The zero-order valence-corrected chi connectivity index (χ0v) is 45.1. The molecule has 73 heavy (non-hydrogen) atoms. The van der Waals surface area contributed by atoms with Gasteiger partial charge in [-0.05, 0) is 112 Å². The second kappa shape index (κ2) is 28.9. The summed E-state index contributed by atoms with van der Waals surface area (Å²) in [6.45, 7) is 3.75. The van der Waals surface area contributed by atoms with Gasteiger partial charge in [0.15, 0.2) is 5.16 Å². The molecule has 2 saturated heterocycles. The van der Waals surface area contributed by atoms with Crippen molar-refractivity contribution in [3.8, 4) is 0 Å². The molecule has 8 heterocycles. The minimum Gasteiger partial charge on any atom is -0.396 e. The number of likely N-dealkylation sites (tertiary alicyclic amines) is 1. The third-order valence-corrected chi connectivity index (χ3v) is 18.4. The summed E-state index contributed by atoms with van der Waals surface area (Å²) < 4.78 is 20.0. The second-order valence-corrected chi connectivity index (χ2v) is 23.0. The van der Waals surface area contributed by atoms with Crippen LogP contribution in [0.2, 0.25) is 6.04 Å². The highest BCUT2D eigenvalue weighted by molar-refractivity contribution is 7.83. The molecule has 5 N–H and O–H groups in total. The van der Waals surface area contributed by atoms with Crippen molar-refractivity contribution < 1.29 is 13.6 Å². The van der Waals surface area contributed by atoms with Gasteiger partial charge in [0.2, 0.25) is 0 Å². The Morgan fingerprint density at radius 3 is 2.03 bits per heavy atom. The Balaban J connectivity index is 0.000000130. The van der Waals surface area contributed by atoms with Crippen LogP contribution < -0.4 is 0 Å². The monoisotopic (exact) mass is 1060 g/mol. The zero-order chi connectivity index (χ0) is 51.0. The van der Waals surface area contributed by atoms with Crippen LogP contribution in [0.1, 0.15) is 51.4 Å². The Hall–Kier alpha value is -6.23. The van der Waals surface area contributed by atoms with Crippen LogP contribution in [0.15, 0.2) is 162 Å². The lowest BCUT2D eigenvalue weighted by Gasteiger charge is -2.48. The van der Waals surface area contributed by atoms with Gasteiger partial charge in [0.05, 0.1) is 62.2 Å². The maximum absolute atomic E-state index is 6.06. The number of methoxy groups -OCH3 is 1. The van der Waals surface area contributed by atoms with E-state index in [1.807, 2.05) is 149 Å². The number of ether oxygens (including phenoxy) is 1. The first-order valence-electron chi connectivity index (χ1n) is 24.3. The molecule has 0 amide bonds. The predicted molar refractivity (Wildman–Crippen MR) is 303 cm³/mol. The Morgan fingerprint density at radius 1 is 0.685 bits per heavy atom. The lowest BCUT2D eigenvalue weighted by molar-refractivity contribution is -0.0173. The minimum atomic E-state index is -2.24. The molecule has 13 rings (SSSR count). The number of hydrogen-bond acceptors (Lipinski definition) is 14. The third-order valence-electron chi connectivity index (χ3n) is 12.6. The van der Waals surface area contributed by atoms with E-state index < -0.39 is 8.56 Å². The molecule has 382 valence electrons. The van der Waals surface area contributed by atoms with E-state index in [0.717, 1.165) is 72.7 Å². The smallest absolute Gasteiger partial charge is 0.370 e. The summed E-state index contributed by atoms with van der Waals surface area (Å²) in [5.74, 6) is 0. The van der Waals surface area contributed by atoms with E-state index in [-0.39, 0.29) is 5.22 Å². The van der Waals surface area contributed by atoms with Crippen molar-refractivity contribution in [1.29, 1.82) is 0 Å². The van der Waals surface area contributed by atoms with Crippen molar-refractivity contribution in [1.82, 2.24) is 65.4 Å². The molecular weight excluding hydrogens is 991 g/mol. The zero-order valence-electron chi connectivity index (χ0n) is 41.5. The molecule has 1 unspecified atom stereocenters. The molecule has 2 aliphatic heterocycles. The number of aromatic amines is 5. The number of thiol groups is 2. The van der Waals surface area contributed by atoms with Gasteiger partial charge in [-0.3, -0.25) is 10.2 Å². The second-order valence-electron chi connectivity index (χ2n) is 17.1. The summed E-state index contributed by atoms with van der Waals surface area (Å²) in [6, 6.07) is 40.6. The van der Waals surface area contributed by atoms with Crippen molar-refractivity contribution in [3.63, 3.8) is 0 Å². The first-order valence-corrected chi connectivity index (χ1v) is 28.1. The van der Waals surface area contributed by atoms with Crippen LogP contribution in [-0.2, 0) is 13.6 Å². The predicted octanol–water partition coefficient (Wildman–Crippen LogP) is 12.0. The lowest BCUT2D eigenvalue weighted by Crippen LogP contribution is -2.64. The number of nitrogens with one attached hydrogen (secondary N) is 5. The molecule has 0 spiro atoms. The van der Waals surface area contributed by atoms with Gasteiger partial charge in [0.25, 0.3) is 0 Å². The molecule has 6 aromatic heterocycles. The van der Waals surface area contributed by atoms with Gasteiger partial charge in [0.1, 0.15) is 15.1 Å². The fourth-order valence-corrected chi connectivity index (χ4v) is 14.1. The van der Waals surface area contributed by atoms with Crippen molar-refractivity contribution in [2.75, 3.05) is 41.0 Å². The molecule has 1 atom stereocenters. The number of piperidine rings is 1. The quantitative estimate of drug-likeness (QED) is 0.0592. The Bertz CT molecular complexity index is 2820. The van der Waals surface area contributed by atoms with Crippen LogP contribution in [0.4, 0.5) is 0 Å². The van der Waals surface area contributed by atoms with E-state index in [1.54, 1.807) is 36.4 Å².